The molecule has 1 aromatic carbocycles. The molecule has 2 heterocycles. The standard InChI is InChI=1S/C22H27F3N3O2S.ClH/c1-5-29-17-9-10-28(16(12-17)13-31-14-21(3,4)30-6-2)20-26-18-8-7-15(22(23,24)25)11-19(18)27-20;/h7-12H,5-6,13-14H2,1-4H3,(H,26,27);1H/q+1;/p-1. The number of benzene rings is 1. The van der Waals surface area contributed by atoms with Gasteiger partial charge in [-0.25, -0.2) is 9.55 Å². The summed E-state index contributed by atoms with van der Waals surface area (Å²) in [6.07, 6.45) is -2.59. The average Bonchev–Trinajstić information content (AvgIpc) is 3.10. The number of nitrogens with zero attached hydrogens (tertiary/aromatic N) is 2. The van der Waals surface area contributed by atoms with Gasteiger partial charge in [-0.1, -0.05) is 4.98 Å². The fraction of sp³-hybridized carbons (Fsp3) is 0.455. The number of halogens is 4. The number of aromatic nitrogens is 3. The SMILES string of the molecule is CCOc1cc[n+](-c2nc3ccc(C(F)(F)F)cc3[nH]2)c(CSCC(C)(C)OCC)c1.[Cl-]. The summed E-state index contributed by atoms with van der Waals surface area (Å²) in [7, 11) is 0. The number of fused-ring (bicyclic) bond motifs is 1. The van der Waals surface area contributed by atoms with E-state index in [2.05, 4.69) is 9.97 Å². The van der Waals surface area contributed by atoms with Crippen LogP contribution in [0, 0.1) is 0 Å². The van der Waals surface area contributed by atoms with Crippen molar-refractivity contribution in [3.05, 3.63) is 47.8 Å². The maximum atomic E-state index is 13.1. The van der Waals surface area contributed by atoms with Crippen LogP contribution >= 0.6 is 11.8 Å². The van der Waals surface area contributed by atoms with Gasteiger partial charge in [0.25, 0.3) is 0 Å². The summed E-state index contributed by atoms with van der Waals surface area (Å²) in [5.41, 5.74) is 0.761. The summed E-state index contributed by atoms with van der Waals surface area (Å²) in [6.45, 7) is 9.16. The summed E-state index contributed by atoms with van der Waals surface area (Å²) < 4.78 is 52.4. The molecule has 0 saturated heterocycles. The van der Waals surface area contributed by atoms with Gasteiger partial charge in [-0.15, -0.1) is 0 Å². The van der Waals surface area contributed by atoms with Gasteiger partial charge in [-0.05, 0) is 45.9 Å². The van der Waals surface area contributed by atoms with Gasteiger partial charge in [0, 0.05) is 30.2 Å². The molecule has 0 radical (unpaired) electrons. The summed E-state index contributed by atoms with van der Waals surface area (Å²) in [5.74, 6) is 2.63. The normalized spacial score (nSPS) is 12.1. The third-order valence-corrected chi connectivity index (χ3v) is 5.98. The van der Waals surface area contributed by atoms with Crippen LogP contribution < -0.4 is 21.7 Å². The smallest absolute Gasteiger partial charge is 0.416 e. The molecule has 5 nitrogen and oxygen atoms in total. The molecule has 3 rings (SSSR count). The monoisotopic (exact) mass is 489 g/mol. The van der Waals surface area contributed by atoms with Crippen molar-refractivity contribution in [3.8, 4) is 11.7 Å². The fourth-order valence-electron chi connectivity index (χ4n) is 3.22. The van der Waals surface area contributed by atoms with E-state index in [0.717, 1.165) is 29.3 Å². The van der Waals surface area contributed by atoms with E-state index in [1.54, 1.807) is 11.8 Å². The first-order valence-corrected chi connectivity index (χ1v) is 11.2. The van der Waals surface area contributed by atoms with E-state index >= 15 is 0 Å². The van der Waals surface area contributed by atoms with Gasteiger partial charge in [-0.2, -0.15) is 24.9 Å². The number of hydrogen-bond donors (Lipinski definition) is 1. The third-order valence-electron chi connectivity index (χ3n) is 4.58. The highest BCUT2D eigenvalue weighted by Gasteiger charge is 2.31. The number of aromatic amines is 1. The number of pyridine rings is 1. The van der Waals surface area contributed by atoms with Crippen molar-refractivity contribution in [1.82, 2.24) is 9.97 Å². The Morgan fingerprint density at radius 2 is 1.84 bits per heavy atom. The Kier molecular flexibility index (Phi) is 8.84. The van der Waals surface area contributed by atoms with Gasteiger partial charge in [-0.3, -0.25) is 0 Å². The highest BCUT2D eigenvalue weighted by Crippen LogP contribution is 2.31. The average molecular weight is 490 g/mol. The maximum Gasteiger partial charge on any atom is 0.416 e. The van der Waals surface area contributed by atoms with Crippen molar-refractivity contribution in [3.63, 3.8) is 0 Å². The molecule has 1 N–H and O–H groups in total. The van der Waals surface area contributed by atoms with Crippen molar-refractivity contribution in [1.29, 1.82) is 0 Å². The van der Waals surface area contributed by atoms with Crippen LogP contribution in [0.1, 0.15) is 39.0 Å². The lowest BCUT2D eigenvalue weighted by Crippen LogP contribution is -3.00. The highest BCUT2D eigenvalue weighted by molar-refractivity contribution is 7.98. The van der Waals surface area contributed by atoms with E-state index < -0.39 is 11.7 Å². The molecule has 32 heavy (non-hydrogen) atoms. The predicted molar refractivity (Wildman–Crippen MR) is 116 cm³/mol. The minimum absolute atomic E-state index is 0. The predicted octanol–water partition coefficient (Wildman–Crippen LogP) is 2.31. The van der Waals surface area contributed by atoms with E-state index in [0.29, 0.717) is 35.9 Å². The first-order valence-electron chi connectivity index (χ1n) is 10.1. The molecule has 0 saturated carbocycles. The lowest BCUT2D eigenvalue weighted by molar-refractivity contribution is -0.610. The zero-order chi connectivity index (χ0) is 22.6. The number of thioether (sulfide) groups is 1. The molecule has 0 amide bonds. The molecule has 0 aliphatic heterocycles. The van der Waals surface area contributed by atoms with E-state index in [1.807, 2.05) is 50.6 Å². The number of rotatable bonds is 9. The van der Waals surface area contributed by atoms with Gasteiger partial charge in [0.2, 0.25) is 0 Å². The molecule has 176 valence electrons. The lowest BCUT2D eigenvalue weighted by atomic mass is 10.2. The summed E-state index contributed by atoms with van der Waals surface area (Å²) in [5, 5.41) is 0. The van der Waals surface area contributed by atoms with Crippen LogP contribution in [0.15, 0.2) is 36.5 Å². The molecular formula is C22H27ClF3N3O2S. The van der Waals surface area contributed by atoms with Crippen molar-refractivity contribution >= 4 is 22.8 Å². The minimum atomic E-state index is -4.40. The quantitative estimate of drug-likeness (QED) is 0.469. The van der Waals surface area contributed by atoms with Gasteiger partial charge in [0.05, 0.1) is 29.7 Å². The molecule has 0 unspecified atom stereocenters. The largest absolute Gasteiger partial charge is 1.00 e. The molecule has 0 spiro atoms. The van der Waals surface area contributed by atoms with Crippen LogP contribution in [0.2, 0.25) is 0 Å². The topological polar surface area (TPSA) is 51.0 Å². The van der Waals surface area contributed by atoms with E-state index in [-0.39, 0.29) is 18.0 Å². The Bertz CT molecular complexity index is 1040. The number of ether oxygens (including phenoxy) is 2. The summed E-state index contributed by atoms with van der Waals surface area (Å²) >= 11 is 1.71. The molecule has 0 aliphatic carbocycles. The second kappa shape index (κ2) is 10.8. The Morgan fingerprint density at radius 3 is 2.50 bits per heavy atom. The van der Waals surface area contributed by atoms with Crippen molar-refractivity contribution < 1.29 is 39.6 Å². The van der Waals surface area contributed by atoms with E-state index in [9.17, 15) is 13.2 Å². The fourth-order valence-corrected chi connectivity index (χ4v) is 4.33. The van der Waals surface area contributed by atoms with Crippen LogP contribution in [0.3, 0.4) is 0 Å². The van der Waals surface area contributed by atoms with E-state index in [1.165, 1.54) is 6.07 Å². The van der Waals surface area contributed by atoms with Crippen molar-refractivity contribution in [2.24, 2.45) is 0 Å². The van der Waals surface area contributed by atoms with Gasteiger partial charge >= 0.3 is 12.1 Å². The van der Waals surface area contributed by atoms with Gasteiger partial charge < -0.3 is 21.9 Å². The molecule has 3 aromatic rings. The van der Waals surface area contributed by atoms with Crippen LogP contribution in [0.5, 0.6) is 5.75 Å². The first-order chi connectivity index (χ1) is 14.6. The number of hydrogen-bond acceptors (Lipinski definition) is 4. The number of imidazole rings is 1. The zero-order valence-electron chi connectivity index (χ0n) is 18.4. The second-order valence-corrected chi connectivity index (χ2v) is 8.62. The molecule has 10 heteroatoms. The number of nitrogens with one attached hydrogen (secondary N) is 1. The number of H-pyrrole nitrogens is 1. The van der Waals surface area contributed by atoms with Crippen LogP contribution in [0.4, 0.5) is 13.2 Å². The Labute approximate surface area is 196 Å². The van der Waals surface area contributed by atoms with Gasteiger partial charge in [0.15, 0.2) is 5.52 Å². The number of alkyl halides is 3. The summed E-state index contributed by atoms with van der Waals surface area (Å²) in [4.78, 5) is 7.51. The van der Waals surface area contributed by atoms with E-state index in [4.69, 9.17) is 9.47 Å². The first kappa shape index (κ1) is 26.3. The van der Waals surface area contributed by atoms with Crippen molar-refractivity contribution in [2.45, 2.75) is 45.2 Å². The van der Waals surface area contributed by atoms with Crippen molar-refractivity contribution in [2.75, 3.05) is 19.0 Å². The van der Waals surface area contributed by atoms with Gasteiger partial charge in [0.1, 0.15) is 11.3 Å². The zero-order valence-corrected chi connectivity index (χ0v) is 20.0. The molecule has 0 fully saturated rings. The lowest BCUT2D eigenvalue weighted by Gasteiger charge is -2.24. The molecule has 0 aliphatic rings. The molecule has 2 aromatic heterocycles. The molecular weight excluding hydrogens is 463 g/mol. The second-order valence-electron chi connectivity index (χ2n) is 7.63. The van der Waals surface area contributed by atoms with Crippen LogP contribution in [-0.2, 0) is 16.7 Å². The minimum Gasteiger partial charge on any atom is -1.00 e. The highest BCUT2D eigenvalue weighted by atomic mass is 35.5. The maximum absolute atomic E-state index is 13.1. The Hall–Kier alpha value is -1.97. The molecule has 0 atom stereocenters. The van der Waals surface area contributed by atoms with Crippen LogP contribution in [0.25, 0.3) is 17.0 Å². The molecule has 0 bridgehead atoms. The third kappa shape index (κ3) is 6.52. The Morgan fingerprint density at radius 1 is 1.09 bits per heavy atom. The van der Waals surface area contributed by atoms with Crippen LogP contribution in [-0.4, -0.2) is 34.5 Å². The Balaban J connectivity index is 0.00000363. The summed E-state index contributed by atoms with van der Waals surface area (Å²) in [6, 6.07) is 7.25.